The van der Waals surface area contributed by atoms with E-state index in [4.69, 9.17) is 0 Å². The first-order chi connectivity index (χ1) is 13.5. The number of hydrogen-bond donors (Lipinski definition) is 0. The second-order valence-corrected chi connectivity index (χ2v) is 9.45. The summed E-state index contributed by atoms with van der Waals surface area (Å²) in [6, 6.07) is 8.61. The molecule has 2 saturated heterocycles. The van der Waals surface area contributed by atoms with Crippen molar-refractivity contribution in [2.24, 2.45) is 11.8 Å². The van der Waals surface area contributed by atoms with Crippen LogP contribution in [0.2, 0.25) is 0 Å². The first-order valence-electron chi connectivity index (χ1n) is 10.3. The van der Waals surface area contributed by atoms with Gasteiger partial charge in [0.25, 0.3) is 0 Å². The van der Waals surface area contributed by atoms with Gasteiger partial charge in [0.05, 0.1) is 12.2 Å². The molecule has 28 heavy (non-hydrogen) atoms. The minimum atomic E-state index is 0.277. The molecule has 6 heteroatoms. The maximum Gasteiger partial charge on any atom is 0.236 e. The van der Waals surface area contributed by atoms with Gasteiger partial charge in [-0.25, -0.2) is 0 Å². The maximum atomic E-state index is 13.0. The van der Waals surface area contributed by atoms with Gasteiger partial charge < -0.3 is 4.90 Å². The quantitative estimate of drug-likeness (QED) is 0.790. The molecule has 2 aromatic rings. The lowest BCUT2D eigenvalue weighted by atomic mass is 9.85. The van der Waals surface area contributed by atoms with Crippen molar-refractivity contribution < 1.29 is 4.79 Å². The van der Waals surface area contributed by atoms with Gasteiger partial charge in [0, 0.05) is 43.4 Å². The van der Waals surface area contributed by atoms with Crippen molar-refractivity contribution in [3.63, 3.8) is 0 Å². The number of carbonyl (C=O) groups excluding carboxylic acids is 1. The first-order valence-corrected chi connectivity index (χ1v) is 11.2. The molecule has 4 rings (SSSR count). The Hall–Kier alpha value is -1.79. The predicted molar refractivity (Wildman–Crippen MR) is 113 cm³/mol. The average molecular weight is 399 g/mol. The molecule has 1 aromatic carbocycles. The molecule has 0 radical (unpaired) electrons. The minimum absolute atomic E-state index is 0.277. The third-order valence-electron chi connectivity index (χ3n) is 6.32. The average Bonchev–Trinajstić information content (AvgIpc) is 3.31. The summed E-state index contributed by atoms with van der Waals surface area (Å²) in [5.41, 5.74) is 3.75. The van der Waals surface area contributed by atoms with Crippen LogP contribution in [-0.2, 0) is 4.79 Å². The van der Waals surface area contributed by atoms with Crippen LogP contribution in [0.3, 0.4) is 0 Å². The highest BCUT2D eigenvalue weighted by Gasteiger charge is 2.38. The molecule has 1 aromatic heterocycles. The van der Waals surface area contributed by atoms with E-state index in [1.165, 1.54) is 29.1 Å². The molecule has 1 amide bonds. The van der Waals surface area contributed by atoms with Gasteiger partial charge in [-0.1, -0.05) is 42.6 Å². The number of hydrogen-bond acceptors (Lipinski definition) is 5. The largest absolute Gasteiger partial charge is 0.341 e. The van der Waals surface area contributed by atoms with Gasteiger partial charge in [0.15, 0.2) is 0 Å². The van der Waals surface area contributed by atoms with Crippen LogP contribution in [0, 0.1) is 18.8 Å². The fourth-order valence-electron chi connectivity index (χ4n) is 5.12. The number of benzene rings is 1. The molecule has 3 heterocycles. The Morgan fingerprint density at radius 3 is 2.50 bits per heavy atom. The normalized spacial score (nSPS) is 28.6. The van der Waals surface area contributed by atoms with E-state index in [0.717, 1.165) is 31.9 Å². The summed E-state index contributed by atoms with van der Waals surface area (Å²) < 4.78 is 4.09. The summed E-state index contributed by atoms with van der Waals surface area (Å²) in [4.78, 5) is 17.4. The zero-order valence-corrected chi connectivity index (χ0v) is 17.9. The molecular weight excluding hydrogens is 368 g/mol. The van der Waals surface area contributed by atoms with E-state index in [1.807, 2.05) is 0 Å². The number of aromatic nitrogens is 2. The fourth-order valence-corrected chi connectivity index (χ4v) is 5.64. The number of amides is 1. The van der Waals surface area contributed by atoms with Gasteiger partial charge in [0.1, 0.15) is 0 Å². The van der Waals surface area contributed by atoms with Gasteiger partial charge >= 0.3 is 0 Å². The first kappa shape index (κ1) is 19.5. The third kappa shape index (κ3) is 4.13. The van der Waals surface area contributed by atoms with E-state index in [0.29, 0.717) is 30.2 Å². The Morgan fingerprint density at radius 2 is 1.82 bits per heavy atom. The number of rotatable bonds is 4. The zero-order chi connectivity index (χ0) is 19.7. The van der Waals surface area contributed by atoms with Crippen LogP contribution in [0.25, 0.3) is 0 Å². The minimum Gasteiger partial charge on any atom is -0.341 e. The molecular formula is C22H30N4OS. The second-order valence-electron chi connectivity index (χ2n) is 8.84. The van der Waals surface area contributed by atoms with Crippen molar-refractivity contribution >= 4 is 17.4 Å². The Kier molecular flexibility index (Phi) is 5.78. The molecule has 5 nitrogen and oxygen atoms in total. The molecule has 2 fully saturated rings. The third-order valence-corrected chi connectivity index (χ3v) is 6.84. The van der Waals surface area contributed by atoms with Gasteiger partial charge in [-0.2, -0.15) is 0 Å². The van der Waals surface area contributed by atoms with Crippen molar-refractivity contribution in [2.45, 2.75) is 39.0 Å². The Bertz CT molecular complexity index is 799. The van der Waals surface area contributed by atoms with Crippen molar-refractivity contribution in [3.8, 4) is 0 Å². The lowest BCUT2D eigenvalue weighted by Gasteiger charge is -2.35. The Balaban J connectivity index is 1.50. The highest BCUT2D eigenvalue weighted by molar-refractivity contribution is 7.03. The molecule has 4 atom stereocenters. The number of nitrogens with zero attached hydrogens (tertiary/aromatic N) is 4. The van der Waals surface area contributed by atoms with Crippen LogP contribution in [-0.4, -0.2) is 58.0 Å². The number of piperidine rings is 1. The SMILES string of the molecule is Cc1ccccc1[C@@H]1CN(CC(=O)N2C[C@H](C)C[C@H](C)C2)C[C@H]1c1csnn1. The highest BCUT2D eigenvalue weighted by Crippen LogP contribution is 2.40. The summed E-state index contributed by atoms with van der Waals surface area (Å²) in [5, 5.41) is 6.44. The smallest absolute Gasteiger partial charge is 0.236 e. The summed E-state index contributed by atoms with van der Waals surface area (Å²) in [7, 11) is 0. The fraction of sp³-hybridized carbons (Fsp3) is 0.591. The Labute approximate surface area is 171 Å². The van der Waals surface area contributed by atoms with Crippen LogP contribution in [0.15, 0.2) is 29.6 Å². The topological polar surface area (TPSA) is 49.3 Å². The lowest BCUT2D eigenvalue weighted by Crippen LogP contribution is -2.46. The van der Waals surface area contributed by atoms with E-state index in [9.17, 15) is 4.79 Å². The maximum absolute atomic E-state index is 13.0. The zero-order valence-electron chi connectivity index (χ0n) is 17.0. The number of aryl methyl sites for hydroxylation is 1. The molecule has 0 saturated carbocycles. The highest BCUT2D eigenvalue weighted by atomic mass is 32.1. The molecule has 2 aliphatic rings. The van der Waals surface area contributed by atoms with E-state index in [1.54, 1.807) is 0 Å². The summed E-state index contributed by atoms with van der Waals surface area (Å²) in [6.07, 6.45) is 1.22. The van der Waals surface area contributed by atoms with E-state index in [2.05, 4.69) is 69.8 Å². The van der Waals surface area contributed by atoms with Crippen LogP contribution in [0.1, 0.15) is 48.9 Å². The molecule has 0 aliphatic carbocycles. The van der Waals surface area contributed by atoms with Gasteiger partial charge in [0.2, 0.25) is 5.91 Å². The van der Waals surface area contributed by atoms with Gasteiger partial charge in [-0.05, 0) is 47.8 Å². The molecule has 150 valence electrons. The van der Waals surface area contributed by atoms with Crippen molar-refractivity contribution in [2.75, 3.05) is 32.7 Å². The molecule has 0 unspecified atom stereocenters. The van der Waals surface area contributed by atoms with E-state index in [-0.39, 0.29) is 5.91 Å². The standard InChI is InChI=1S/C22H30N4OS/c1-15-8-16(2)10-26(9-15)22(27)13-25-11-19(18-7-5-4-6-17(18)3)20(12-25)21-14-28-24-23-21/h4-7,14-16,19-20H,8-13H2,1-3H3/t15-,16+,19-,20+/m0/s1. The van der Waals surface area contributed by atoms with Crippen molar-refractivity contribution in [1.82, 2.24) is 19.4 Å². The summed E-state index contributed by atoms with van der Waals surface area (Å²) in [6.45, 7) is 10.8. The van der Waals surface area contributed by atoms with Crippen LogP contribution < -0.4 is 0 Å². The lowest BCUT2D eigenvalue weighted by molar-refractivity contribution is -0.134. The van der Waals surface area contributed by atoms with Crippen molar-refractivity contribution in [1.29, 1.82) is 0 Å². The molecule has 0 bridgehead atoms. The monoisotopic (exact) mass is 398 g/mol. The number of likely N-dealkylation sites (tertiary alicyclic amines) is 2. The van der Waals surface area contributed by atoms with Crippen LogP contribution in [0.5, 0.6) is 0 Å². The molecule has 2 aliphatic heterocycles. The van der Waals surface area contributed by atoms with Gasteiger partial charge in [-0.15, -0.1) is 5.10 Å². The number of carbonyl (C=O) groups is 1. The summed E-state index contributed by atoms with van der Waals surface area (Å²) in [5.74, 6) is 2.13. The predicted octanol–water partition coefficient (Wildman–Crippen LogP) is 3.53. The van der Waals surface area contributed by atoms with Crippen molar-refractivity contribution in [3.05, 3.63) is 46.5 Å². The Morgan fingerprint density at radius 1 is 1.11 bits per heavy atom. The van der Waals surface area contributed by atoms with E-state index < -0.39 is 0 Å². The van der Waals surface area contributed by atoms with Gasteiger partial charge in [-0.3, -0.25) is 9.69 Å². The second kappa shape index (κ2) is 8.29. The van der Waals surface area contributed by atoms with Crippen LogP contribution in [0.4, 0.5) is 0 Å². The van der Waals surface area contributed by atoms with Crippen LogP contribution >= 0.6 is 11.5 Å². The summed E-state index contributed by atoms with van der Waals surface area (Å²) >= 11 is 1.41. The molecule has 0 N–H and O–H groups in total. The molecule has 0 spiro atoms. The van der Waals surface area contributed by atoms with E-state index >= 15 is 0 Å².